The lowest BCUT2D eigenvalue weighted by molar-refractivity contribution is 0.0829. The van der Waals surface area contributed by atoms with Crippen molar-refractivity contribution in [3.05, 3.63) is 65.2 Å². The Morgan fingerprint density at radius 1 is 1.11 bits per heavy atom. The van der Waals surface area contributed by atoms with Crippen molar-refractivity contribution in [3.8, 4) is 5.75 Å². The van der Waals surface area contributed by atoms with Gasteiger partial charge in [-0.3, -0.25) is 0 Å². The van der Waals surface area contributed by atoms with E-state index in [0.717, 1.165) is 29.7 Å². The summed E-state index contributed by atoms with van der Waals surface area (Å²) in [6.45, 7) is 2.63. The first-order valence-electron chi connectivity index (χ1n) is 6.78. The first kappa shape index (κ1) is 12.2. The van der Waals surface area contributed by atoms with Gasteiger partial charge in [0.25, 0.3) is 0 Å². The normalized spacial score (nSPS) is 21.2. The smallest absolute Gasteiger partial charge is 0.119 e. The molecule has 3 rings (SSSR count). The van der Waals surface area contributed by atoms with Gasteiger partial charge in [0.2, 0.25) is 0 Å². The summed E-state index contributed by atoms with van der Waals surface area (Å²) in [5.74, 6) is 0.848. The van der Waals surface area contributed by atoms with Crippen LogP contribution in [0, 0.1) is 0 Å². The van der Waals surface area contributed by atoms with Crippen LogP contribution >= 0.6 is 0 Å². The number of benzene rings is 2. The highest BCUT2D eigenvalue weighted by atomic mass is 16.5. The van der Waals surface area contributed by atoms with Crippen LogP contribution in [0.3, 0.4) is 0 Å². The van der Waals surface area contributed by atoms with E-state index in [0.29, 0.717) is 6.61 Å². The summed E-state index contributed by atoms with van der Waals surface area (Å²) >= 11 is 0. The molecule has 2 aromatic carbocycles. The molecule has 0 aliphatic heterocycles. The molecule has 0 fully saturated rings. The number of rotatable bonds is 3. The van der Waals surface area contributed by atoms with E-state index in [1.54, 1.807) is 0 Å². The van der Waals surface area contributed by atoms with Crippen molar-refractivity contribution in [2.24, 2.45) is 0 Å². The van der Waals surface area contributed by atoms with Crippen LogP contribution in [-0.4, -0.2) is 11.7 Å². The van der Waals surface area contributed by atoms with Crippen LogP contribution in [-0.2, 0) is 12.0 Å². The quantitative estimate of drug-likeness (QED) is 0.911. The van der Waals surface area contributed by atoms with Crippen LogP contribution in [0.15, 0.2) is 48.5 Å². The number of hydrogen-bond acceptors (Lipinski definition) is 2. The van der Waals surface area contributed by atoms with Crippen molar-refractivity contribution in [2.75, 3.05) is 6.61 Å². The Morgan fingerprint density at radius 2 is 1.84 bits per heavy atom. The summed E-state index contributed by atoms with van der Waals surface area (Å²) < 4.78 is 5.44. The van der Waals surface area contributed by atoms with E-state index >= 15 is 0 Å². The number of aryl methyl sites for hydroxylation is 1. The molecule has 0 radical (unpaired) electrons. The Morgan fingerprint density at radius 3 is 2.58 bits per heavy atom. The summed E-state index contributed by atoms with van der Waals surface area (Å²) in [5.41, 5.74) is 2.39. The first-order chi connectivity index (χ1) is 9.24. The molecule has 98 valence electrons. The second kappa shape index (κ2) is 4.71. The lowest BCUT2D eigenvalue weighted by Gasteiger charge is -2.25. The third kappa shape index (κ3) is 2.02. The Balaban J connectivity index is 1.98. The van der Waals surface area contributed by atoms with Crippen LogP contribution in [0.1, 0.15) is 30.0 Å². The van der Waals surface area contributed by atoms with Gasteiger partial charge in [-0.15, -0.1) is 0 Å². The van der Waals surface area contributed by atoms with Gasteiger partial charge in [-0.25, -0.2) is 0 Å². The minimum Gasteiger partial charge on any atom is -0.494 e. The molecular weight excluding hydrogens is 236 g/mol. The average molecular weight is 254 g/mol. The topological polar surface area (TPSA) is 29.5 Å². The number of fused-ring (bicyclic) bond motifs is 1. The monoisotopic (exact) mass is 254 g/mol. The third-order valence-corrected chi connectivity index (χ3v) is 3.86. The molecule has 2 aromatic rings. The van der Waals surface area contributed by atoms with Gasteiger partial charge in [0, 0.05) is 0 Å². The highest BCUT2D eigenvalue weighted by Crippen LogP contribution is 2.42. The summed E-state index contributed by atoms with van der Waals surface area (Å²) in [7, 11) is 0. The Kier molecular flexibility index (Phi) is 3.03. The summed E-state index contributed by atoms with van der Waals surface area (Å²) in [6, 6.07) is 15.9. The van der Waals surface area contributed by atoms with Crippen molar-refractivity contribution >= 4 is 0 Å². The average Bonchev–Trinajstić information content (AvgIpc) is 2.80. The van der Waals surface area contributed by atoms with Gasteiger partial charge in [-0.2, -0.15) is 0 Å². The Hall–Kier alpha value is -1.80. The lowest BCUT2D eigenvalue weighted by Crippen LogP contribution is -2.23. The molecule has 1 aliphatic rings. The van der Waals surface area contributed by atoms with E-state index < -0.39 is 5.60 Å². The zero-order chi connectivity index (χ0) is 13.3. The van der Waals surface area contributed by atoms with Crippen LogP contribution in [0.25, 0.3) is 0 Å². The maximum atomic E-state index is 11.0. The highest BCUT2D eigenvalue weighted by molar-refractivity contribution is 5.46. The summed E-state index contributed by atoms with van der Waals surface area (Å²) in [6.07, 6.45) is 1.68. The predicted octanol–water partition coefficient (Wildman–Crippen LogP) is 3.27. The predicted molar refractivity (Wildman–Crippen MR) is 75.4 cm³/mol. The molecule has 2 heteroatoms. The van der Waals surface area contributed by atoms with Crippen LogP contribution < -0.4 is 4.74 Å². The fraction of sp³-hybridized carbons (Fsp3) is 0.294. The van der Waals surface area contributed by atoms with Crippen molar-refractivity contribution in [1.29, 1.82) is 0 Å². The van der Waals surface area contributed by atoms with Gasteiger partial charge < -0.3 is 9.84 Å². The van der Waals surface area contributed by atoms with E-state index in [4.69, 9.17) is 4.74 Å². The third-order valence-electron chi connectivity index (χ3n) is 3.86. The molecule has 1 unspecified atom stereocenters. The number of ether oxygens (including phenoxy) is 1. The molecule has 0 bridgehead atoms. The molecule has 0 aromatic heterocycles. The zero-order valence-corrected chi connectivity index (χ0v) is 11.1. The molecule has 19 heavy (non-hydrogen) atoms. The molecule has 0 spiro atoms. The summed E-state index contributed by atoms with van der Waals surface area (Å²) in [5, 5.41) is 11.0. The fourth-order valence-corrected chi connectivity index (χ4v) is 2.89. The van der Waals surface area contributed by atoms with Crippen LogP contribution in [0.4, 0.5) is 0 Å². The van der Waals surface area contributed by atoms with Gasteiger partial charge >= 0.3 is 0 Å². The second-order valence-corrected chi connectivity index (χ2v) is 4.97. The fourth-order valence-electron chi connectivity index (χ4n) is 2.89. The van der Waals surface area contributed by atoms with E-state index in [-0.39, 0.29) is 0 Å². The van der Waals surface area contributed by atoms with Crippen LogP contribution in [0.5, 0.6) is 5.75 Å². The van der Waals surface area contributed by atoms with Gasteiger partial charge in [-0.1, -0.05) is 36.4 Å². The van der Waals surface area contributed by atoms with Gasteiger partial charge in [0.1, 0.15) is 11.4 Å². The molecular formula is C17H18O2. The van der Waals surface area contributed by atoms with Crippen molar-refractivity contribution in [3.63, 3.8) is 0 Å². The molecule has 0 amide bonds. The molecule has 0 saturated carbocycles. The van der Waals surface area contributed by atoms with Gasteiger partial charge in [0.15, 0.2) is 0 Å². The van der Waals surface area contributed by atoms with Gasteiger partial charge in [-0.05, 0) is 48.6 Å². The Labute approximate surface area is 113 Å². The lowest BCUT2D eigenvalue weighted by atomic mass is 9.88. The minimum atomic E-state index is -0.846. The van der Waals surface area contributed by atoms with Gasteiger partial charge in [0.05, 0.1) is 6.61 Å². The molecule has 0 heterocycles. The number of aliphatic hydroxyl groups is 1. The Bertz CT molecular complexity index is 574. The molecule has 0 saturated heterocycles. The SMILES string of the molecule is CCOc1ccc(C2(O)CCc3ccccc32)cc1. The van der Waals surface area contributed by atoms with Crippen molar-refractivity contribution < 1.29 is 9.84 Å². The van der Waals surface area contributed by atoms with Crippen LogP contribution in [0.2, 0.25) is 0 Å². The molecule has 2 nitrogen and oxygen atoms in total. The van der Waals surface area contributed by atoms with E-state index in [1.165, 1.54) is 5.56 Å². The summed E-state index contributed by atoms with van der Waals surface area (Å²) in [4.78, 5) is 0. The molecule has 1 atom stereocenters. The highest BCUT2D eigenvalue weighted by Gasteiger charge is 2.37. The molecule has 1 N–H and O–H groups in total. The van der Waals surface area contributed by atoms with E-state index in [2.05, 4.69) is 6.07 Å². The molecule has 1 aliphatic carbocycles. The van der Waals surface area contributed by atoms with E-state index in [9.17, 15) is 5.11 Å². The van der Waals surface area contributed by atoms with E-state index in [1.807, 2.05) is 49.4 Å². The standard InChI is InChI=1S/C17H18O2/c1-2-19-15-9-7-14(8-10-15)17(18)12-11-13-5-3-4-6-16(13)17/h3-10,18H,2,11-12H2,1H3. The minimum absolute atomic E-state index is 0.659. The van der Waals surface area contributed by atoms with Crippen molar-refractivity contribution in [2.45, 2.75) is 25.4 Å². The first-order valence-corrected chi connectivity index (χ1v) is 6.78. The maximum Gasteiger partial charge on any atom is 0.119 e. The number of hydrogen-bond donors (Lipinski definition) is 1. The van der Waals surface area contributed by atoms with Crippen molar-refractivity contribution in [1.82, 2.24) is 0 Å². The zero-order valence-electron chi connectivity index (χ0n) is 11.1. The maximum absolute atomic E-state index is 11.0. The second-order valence-electron chi connectivity index (χ2n) is 4.97. The largest absolute Gasteiger partial charge is 0.494 e.